The maximum absolute atomic E-state index is 12.1. The summed E-state index contributed by atoms with van der Waals surface area (Å²) >= 11 is 2.06. The summed E-state index contributed by atoms with van der Waals surface area (Å²) in [6, 6.07) is 0.709. The van der Waals surface area contributed by atoms with E-state index in [1.807, 2.05) is 4.57 Å². The van der Waals surface area contributed by atoms with E-state index in [9.17, 15) is 8.42 Å². The molecule has 0 amide bonds. The Balaban J connectivity index is 1.61. The molecule has 0 saturated carbocycles. The standard InChI is InChI=1S/C18H32N4O3S2/c1-25-11-3-6-22-17(14-19-18(22)27(2,23)24)15-20-7-4-16(5-8-20)21-9-12-26-13-10-21/h14,16H,3-13,15H2,1-2H3. The number of piperidine rings is 1. The Morgan fingerprint density at radius 2 is 1.93 bits per heavy atom. The quantitative estimate of drug-likeness (QED) is 0.592. The van der Waals surface area contributed by atoms with Crippen molar-refractivity contribution >= 4 is 21.6 Å². The maximum atomic E-state index is 12.1. The average Bonchev–Trinajstić information content (AvgIpc) is 3.06. The van der Waals surface area contributed by atoms with Gasteiger partial charge in [-0.25, -0.2) is 13.4 Å². The second kappa shape index (κ2) is 9.73. The van der Waals surface area contributed by atoms with E-state index in [-0.39, 0.29) is 5.16 Å². The van der Waals surface area contributed by atoms with Crippen molar-refractivity contribution in [3.63, 3.8) is 0 Å². The zero-order chi connectivity index (χ0) is 19.3. The van der Waals surface area contributed by atoms with Gasteiger partial charge in [0.25, 0.3) is 0 Å². The molecule has 0 radical (unpaired) electrons. The van der Waals surface area contributed by atoms with Crippen LogP contribution >= 0.6 is 11.8 Å². The number of hydrogen-bond donors (Lipinski definition) is 0. The van der Waals surface area contributed by atoms with E-state index in [4.69, 9.17) is 4.74 Å². The highest BCUT2D eigenvalue weighted by Gasteiger charge is 2.27. The molecule has 2 fully saturated rings. The van der Waals surface area contributed by atoms with Gasteiger partial charge in [-0.1, -0.05) is 0 Å². The molecule has 1 aromatic rings. The molecular formula is C18H32N4O3S2. The zero-order valence-electron chi connectivity index (χ0n) is 16.5. The van der Waals surface area contributed by atoms with Gasteiger partial charge in [0.05, 0.1) is 11.9 Å². The van der Waals surface area contributed by atoms with E-state index in [0.29, 0.717) is 19.2 Å². The molecule has 0 aromatic carbocycles. The number of imidazole rings is 1. The molecule has 3 rings (SSSR count). The molecule has 0 bridgehead atoms. The van der Waals surface area contributed by atoms with Crippen molar-refractivity contribution in [1.82, 2.24) is 19.4 Å². The van der Waals surface area contributed by atoms with Crippen LogP contribution < -0.4 is 0 Å². The third-order valence-corrected chi connectivity index (χ3v) is 7.40. The summed E-state index contributed by atoms with van der Waals surface area (Å²) in [5, 5.41) is 0.175. The first-order valence-corrected chi connectivity index (χ1v) is 12.8. The molecule has 7 nitrogen and oxygen atoms in total. The molecule has 0 atom stereocenters. The Kier molecular flexibility index (Phi) is 7.61. The van der Waals surface area contributed by atoms with E-state index < -0.39 is 9.84 Å². The fourth-order valence-corrected chi connectivity index (χ4v) is 5.82. The van der Waals surface area contributed by atoms with Crippen molar-refractivity contribution in [3.05, 3.63) is 11.9 Å². The molecule has 154 valence electrons. The number of rotatable bonds is 8. The smallest absolute Gasteiger partial charge is 0.227 e. The highest BCUT2D eigenvalue weighted by molar-refractivity contribution is 7.99. The van der Waals surface area contributed by atoms with Gasteiger partial charge in [0.2, 0.25) is 15.0 Å². The lowest BCUT2D eigenvalue weighted by molar-refractivity contribution is 0.110. The zero-order valence-corrected chi connectivity index (χ0v) is 18.1. The summed E-state index contributed by atoms with van der Waals surface area (Å²) in [6.45, 7) is 6.56. The average molecular weight is 417 g/mol. The van der Waals surface area contributed by atoms with Gasteiger partial charge in [-0.15, -0.1) is 0 Å². The number of aromatic nitrogens is 2. The summed E-state index contributed by atoms with van der Waals surface area (Å²) in [5.74, 6) is 2.52. The van der Waals surface area contributed by atoms with Gasteiger partial charge >= 0.3 is 0 Å². The molecule has 27 heavy (non-hydrogen) atoms. The summed E-state index contributed by atoms with van der Waals surface area (Å²) in [5.41, 5.74) is 0.986. The number of sulfone groups is 1. The van der Waals surface area contributed by atoms with Crippen molar-refractivity contribution in [2.24, 2.45) is 0 Å². The molecular weight excluding hydrogens is 384 g/mol. The van der Waals surface area contributed by atoms with Crippen molar-refractivity contribution in [1.29, 1.82) is 0 Å². The van der Waals surface area contributed by atoms with Crippen LogP contribution in [0, 0.1) is 0 Å². The molecule has 1 aromatic heterocycles. The highest BCUT2D eigenvalue weighted by Crippen LogP contribution is 2.22. The fourth-order valence-electron chi connectivity index (χ4n) is 4.03. The molecule has 0 aliphatic carbocycles. The number of ether oxygens (including phenoxy) is 1. The number of nitrogens with zero attached hydrogens (tertiary/aromatic N) is 4. The SMILES string of the molecule is COCCCn1c(CN2CCC(N3CCSCC3)CC2)cnc1S(C)(=O)=O. The van der Waals surface area contributed by atoms with Gasteiger partial charge in [-0.05, 0) is 19.3 Å². The number of likely N-dealkylation sites (tertiary alicyclic amines) is 1. The molecule has 0 unspecified atom stereocenters. The van der Waals surface area contributed by atoms with Gasteiger partial charge in [-0.3, -0.25) is 9.80 Å². The summed E-state index contributed by atoms with van der Waals surface area (Å²) < 4.78 is 31.1. The minimum absolute atomic E-state index is 0.175. The predicted molar refractivity (Wildman–Crippen MR) is 109 cm³/mol. The lowest BCUT2D eigenvalue weighted by Gasteiger charge is -2.40. The highest BCUT2D eigenvalue weighted by atomic mass is 32.2. The molecule has 2 aliphatic rings. The summed E-state index contributed by atoms with van der Waals surface area (Å²) in [7, 11) is -1.67. The Bertz CT molecular complexity index is 693. The number of methoxy groups -OCH3 is 1. The van der Waals surface area contributed by atoms with Crippen molar-refractivity contribution in [3.8, 4) is 0 Å². The van der Waals surface area contributed by atoms with Crippen molar-refractivity contribution in [2.45, 2.75) is 43.6 Å². The van der Waals surface area contributed by atoms with E-state index >= 15 is 0 Å². The van der Waals surface area contributed by atoms with Gasteiger partial charge in [0.1, 0.15) is 0 Å². The first kappa shape index (κ1) is 21.1. The van der Waals surface area contributed by atoms with E-state index in [0.717, 1.165) is 31.7 Å². The van der Waals surface area contributed by atoms with E-state index in [1.54, 1.807) is 13.3 Å². The van der Waals surface area contributed by atoms with Crippen molar-refractivity contribution in [2.75, 3.05) is 57.7 Å². The van der Waals surface area contributed by atoms with E-state index in [1.165, 1.54) is 43.7 Å². The second-order valence-electron chi connectivity index (χ2n) is 7.46. The Hall–Kier alpha value is -0.610. The van der Waals surface area contributed by atoms with Gasteiger partial charge in [0.15, 0.2) is 0 Å². The Morgan fingerprint density at radius 1 is 1.22 bits per heavy atom. The molecule has 9 heteroatoms. The molecule has 2 saturated heterocycles. The van der Waals surface area contributed by atoms with Crippen LogP contribution in [0.4, 0.5) is 0 Å². The minimum Gasteiger partial charge on any atom is -0.385 e. The van der Waals surface area contributed by atoms with Gasteiger partial charge in [0, 0.05) is 76.8 Å². The van der Waals surface area contributed by atoms with Crippen LogP contribution in [0.5, 0.6) is 0 Å². The van der Waals surface area contributed by atoms with Crippen LogP contribution in [-0.4, -0.2) is 91.5 Å². The Labute approximate surface area is 167 Å². The Morgan fingerprint density at radius 3 is 2.56 bits per heavy atom. The molecule has 0 N–H and O–H groups in total. The number of thioether (sulfide) groups is 1. The lowest BCUT2D eigenvalue weighted by Crippen LogP contribution is -2.47. The van der Waals surface area contributed by atoms with Crippen LogP contribution in [0.25, 0.3) is 0 Å². The van der Waals surface area contributed by atoms with E-state index in [2.05, 4.69) is 26.5 Å². The molecule has 3 heterocycles. The first-order valence-electron chi connectivity index (χ1n) is 9.76. The monoisotopic (exact) mass is 416 g/mol. The minimum atomic E-state index is -3.33. The van der Waals surface area contributed by atoms with Crippen LogP contribution in [0.2, 0.25) is 0 Å². The predicted octanol–water partition coefficient (Wildman–Crippen LogP) is 1.34. The lowest BCUT2D eigenvalue weighted by atomic mass is 10.0. The second-order valence-corrected chi connectivity index (χ2v) is 10.6. The van der Waals surface area contributed by atoms with Crippen molar-refractivity contribution < 1.29 is 13.2 Å². The van der Waals surface area contributed by atoms with Gasteiger partial charge < -0.3 is 9.30 Å². The molecule has 2 aliphatic heterocycles. The van der Waals surface area contributed by atoms with Crippen LogP contribution in [0.1, 0.15) is 25.0 Å². The van der Waals surface area contributed by atoms with Crippen LogP contribution in [0.15, 0.2) is 11.4 Å². The van der Waals surface area contributed by atoms with Crippen LogP contribution in [-0.2, 0) is 27.7 Å². The normalized spacial score (nSPS) is 21.0. The number of hydrogen-bond acceptors (Lipinski definition) is 7. The third kappa shape index (κ3) is 5.69. The summed E-state index contributed by atoms with van der Waals surface area (Å²) in [4.78, 5) is 9.31. The van der Waals surface area contributed by atoms with Gasteiger partial charge in [-0.2, -0.15) is 11.8 Å². The fraction of sp³-hybridized carbons (Fsp3) is 0.833. The first-order chi connectivity index (χ1) is 13.0. The maximum Gasteiger partial charge on any atom is 0.227 e. The summed E-state index contributed by atoms with van der Waals surface area (Å²) in [6.07, 6.45) is 6.13. The molecule has 0 spiro atoms. The largest absolute Gasteiger partial charge is 0.385 e. The topological polar surface area (TPSA) is 67.7 Å². The third-order valence-electron chi connectivity index (χ3n) is 5.47. The van der Waals surface area contributed by atoms with Crippen LogP contribution in [0.3, 0.4) is 0 Å².